The second kappa shape index (κ2) is 9.15. The molecule has 0 saturated heterocycles. The Bertz CT molecular complexity index is 445. The van der Waals surface area contributed by atoms with E-state index in [0.717, 1.165) is 0 Å². The van der Waals surface area contributed by atoms with E-state index in [2.05, 4.69) is 0 Å². The lowest BCUT2D eigenvalue weighted by molar-refractivity contribution is -0.385. The van der Waals surface area contributed by atoms with Crippen molar-refractivity contribution in [1.82, 2.24) is 0 Å². The van der Waals surface area contributed by atoms with Crippen molar-refractivity contribution >= 4 is 5.69 Å². The number of nitrogens with zero attached hydrogens (tertiary/aromatic N) is 1. The van der Waals surface area contributed by atoms with Crippen LogP contribution < -0.4 is 9.47 Å². The molecule has 21 heavy (non-hydrogen) atoms. The van der Waals surface area contributed by atoms with Crippen LogP contribution in [-0.4, -0.2) is 38.1 Å². The van der Waals surface area contributed by atoms with Crippen molar-refractivity contribution < 1.29 is 23.9 Å². The van der Waals surface area contributed by atoms with Gasteiger partial charge >= 0.3 is 0 Å². The highest BCUT2D eigenvalue weighted by Crippen LogP contribution is 2.31. The first kappa shape index (κ1) is 17.2. The van der Waals surface area contributed by atoms with E-state index in [-0.39, 0.29) is 12.0 Å². The molecule has 0 N–H and O–H groups in total. The van der Waals surface area contributed by atoms with Crippen LogP contribution in [0.2, 0.25) is 0 Å². The maximum Gasteiger partial charge on any atom is 0.273 e. The predicted octanol–water partition coefficient (Wildman–Crippen LogP) is 2.77. The molecule has 0 saturated carbocycles. The third kappa shape index (κ3) is 5.57. The molecule has 0 fully saturated rings. The first-order chi connectivity index (χ1) is 10.1. The molecule has 0 radical (unpaired) electrons. The van der Waals surface area contributed by atoms with Crippen LogP contribution in [0.25, 0.3) is 0 Å². The standard InChI is InChI=1S/C14H21NO6/c1-4-19-14(20-5-2)8-9-21-12-7-6-11(15(16)17)10-13(12)18-3/h6-7,10,14H,4-5,8-9H2,1-3H3. The van der Waals surface area contributed by atoms with Crippen LogP contribution in [0, 0.1) is 10.1 Å². The van der Waals surface area contributed by atoms with Crippen molar-refractivity contribution in [2.75, 3.05) is 26.9 Å². The molecule has 0 aromatic heterocycles. The van der Waals surface area contributed by atoms with Gasteiger partial charge in [0.05, 0.1) is 24.7 Å². The van der Waals surface area contributed by atoms with E-state index in [1.165, 1.54) is 25.3 Å². The molecule has 0 spiro atoms. The number of hydrogen-bond donors (Lipinski definition) is 0. The van der Waals surface area contributed by atoms with Crippen molar-refractivity contribution in [1.29, 1.82) is 0 Å². The van der Waals surface area contributed by atoms with Gasteiger partial charge in [-0.1, -0.05) is 0 Å². The van der Waals surface area contributed by atoms with Gasteiger partial charge < -0.3 is 18.9 Å². The summed E-state index contributed by atoms with van der Waals surface area (Å²) in [6.45, 7) is 5.27. The number of nitro groups is 1. The quantitative estimate of drug-likeness (QED) is 0.375. The number of ether oxygens (including phenoxy) is 4. The lowest BCUT2D eigenvalue weighted by Gasteiger charge is -2.17. The Morgan fingerprint density at radius 3 is 2.38 bits per heavy atom. The maximum absolute atomic E-state index is 10.7. The average Bonchev–Trinajstić information content (AvgIpc) is 2.47. The summed E-state index contributed by atoms with van der Waals surface area (Å²) >= 11 is 0. The van der Waals surface area contributed by atoms with Crippen LogP contribution in [-0.2, 0) is 9.47 Å². The highest BCUT2D eigenvalue weighted by atomic mass is 16.7. The highest BCUT2D eigenvalue weighted by molar-refractivity contribution is 5.48. The second-order valence-corrected chi connectivity index (χ2v) is 4.07. The van der Waals surface area contributed by atoms with Crippen LogP contribution in [0.15, 0.2) is 18.2 Å². The van der Waals surface area contributed by atoms with Crippen molar-refractivity contribution in [3.05, 3.63) is 28.3 Å². The molecule has 1 aromatic rings. The van der Waals surface area contributed by atoms with Gasteiger partial charge in [-0.2, -0.15) is 0 Å². The minimum Gasteiger partial charge on any atom is -0.493 e. The molecule has 7 heteroatoms. The van der Waals surface area contributed by atoms with Gasteiger partial charge in [0.15, 0.2) is 17.8 Å². The molecule has 0 aliphatic carbocycles. The minimum absolute atomic E-state index is 0.0410. The highest BCUT2D eigenvalue weighted by Gasteiger charge is 2.13. The van der Waals surface area contributed by atoms with Gasteiger partial charge in [0.25, 0.3) is 5.69 Å². The summed E-state index contributed by atoms with van der Waals surface area (Å²) in [7, 11) is 1.44. The first-order valence-corrected chi connectivity index (χ1v) is 6.80. The van der Waals surface area contributed by atoms with Crippen molar-refractivity contribution in [3.8, 4) is 11.5 Å². The molecule has 0 amide bonds. The Morgan fingerprint density at radius 2 is 1.86 bits per heavy atom. The molecular formula is C14H21NO6. The summed E-state index contributed by atoms with van der Waals surface area (Å²) in [5.74, 6) is 0.781. The molecule has 118 valence electrons. The lowest BCUT2D eigenvalue weighted by Crippen LogP contribution is -2.20. The summed E-state index contributed by atoms with van der Waals surface area (Å²) in [6.07, 6.45) is 0.242. The molecular weight excluding hydrogens is 278 g/mol. The molecule has 0 unspecified atom stereocenters. The fraction of sp³-hybridized carbons (Fsp3) is 0.571. The van der Waals surface area contributed by atoms with Gasteiger partial charge in [-0.25, -0.2) is 0 Å². The smallest absolute Gasteiger partial charge is 0.273 e. The van der Waals surface area contributed by atoms with Crippen molar-refractivity contribution in [3.63, 3.8) is 0 Å². The van der Waals surface area contributed by atoms with Crippen LogP contribution in [0.1, 0.15) is 20.3 Å². The fourth-order valence-corrected chi connectivity index (χ4v) is 1.74. The SMILES string of the molecule is CCOC(CCOc1ccc([N+](=O)[O-])cc1OC)OCC. The van der Waals surface area contributed by atoms with E-state index in [1.807, 2.05) is 13.8 Å². The van der Waals surface area contributed by atoms with Gasteiger partial charge in [0, 0.05) is 25.7 Å². The van der Waals surface area contributed by atoms with Gasteiger partial charge in [0.1, 0.15) is 0 Å². The summed E-state index contributed by atoms with van der Waals surface area (Å²) < 4.78 is 21.5. The Balaban J connectivity index is 2.60. The molecule has 1 aromatic carbocycles. The van der Waals surface area contributed by atoms with E-state index in [9.17, 15) is 10.1 Å². The minimum atomic E-state index is -0.480. The molecule has 0 atom stereocenters. The zero-order valence-electron chi connectivity index (χ0n) is 12.5. The van der Waals surface area contributed by atoms with Crippen LogP contribution in [0.4, 0.5) is 5.69 Å². The maximum atomic E-state index is 10.7. The van der Waals surface area contributed by atoms with E-state index in [1.54, 1.807) is 0 Å². The van der Waals surface area contributed by atoms with E-state index < -0.39 is 4.92 Å². The van der Waals surface area contributed by atoms with Gasteiger partial charge in [-0.05, 0) is 19.9 Å². The molecule has 0 heterocycles. The molecule has 1 rings (SSSR count). The van der Waals surface area contributed by atoms with Gasteiger partial charge in [-0.15, -0.1) is 0 Å². The lowest BCUT2D eigenvalue weighted by atomic mass is 10.3. The number of methoxy groups -OCH3 is 1. The number of nitro benzene ring substituents is 1. The number of benzene rings is 1. The van der Waals surface area contributed by atoms with E-state index in [4.69, 9.17) is 18.9 Å². The Morgan fingerprint density at radius 1 is 1.19 bits per heavy atom. The third-order valence-electron chi connectivity index (χ3n) is 2.67. The van der Waals surface area contributed by atoms with E-state index >= 15 is 0 Å². The molecule has 0 aliphatic heterocycles. The topological polar surface area (TPSA) is 80.1 Å². The molecule has 0 aliphatic rings. The summed E-state index contributed by atoms with van der Waals surface area (Å²) in [5, 5.41) is 10.7. The zero-order chi connectivity index (χ0) is 15.7. The Hall–Kier alpha value is -1.86. The van der Waals surface area contributed by atoms with Crippen LogP contribution in [0.5, 0.6) is 11.5 Å². The fourth-order valence-electron chi connectivity index (χ4n) is 1.74. The van der Waals surface area contributed by atoms with E-state index in [0.29, 0.717) is 37.7 Å². The average molecular weight is 299 g/mol. The molecule has 7 nitrogen and oxygen atoms in total. The van der Waals surface area contributed by atoms with Crippen LogP contribution in [0.3, 0.4) is 0 Å². The summed E-state index contributed by atoms with van der Waals surface area (Å²) in [6, 6.07) is 4.23. The Kier molecular flexibility index (Phi) is 7.49. The van der Waals surface area contributed by atoms with Gasteiger partial charge in [-0.3, -0.25) is 10.1 Å². The number of hydrogen-bond acceptors (Lipinski definition) is 6. The van der Waals surface area contributed by atoms with Crippen molar-refractivity contribution in [2.45, 2.75) is 26.6 Å². The monoisotopic (exact) mass is 299 g/mol. The van der Waals surface area contributed by atoms with Crippen molar-refractivity contribution in [2.24, 2.45) is 0 Å². The largest absolute Gasteiger partial charge is 0.493 e. The first-order valence-electron chi connectivity index (χ1n) is 6.80. The number of non-ortho nitro benzene ring substituents is 1. The Labute approximate surface area is 123 Å². The predicted molar refractivity (Wildman–Crippen MR) is 76.8 cm³/mol. The number of rotatable bonds is 10. The second-order valence-electron chi connectivity index (χ2n) is 4.07. The normalized spacial score (nSPS) is 10.7. The van der Waals surface area contributed by atoms with Crippen LogP contribution >= 0.6 is 0 Å². The van der Waals surface area contributed by atoms with Gasteiger partial charge in [0.2, 0.25) is 0 Å². The molecule has 0 bridgehead atoms. The summed E-state index contributed by atoms with van der Waals surface area (Å²) in [5.41, 5.74) is -0.0410. The zero-order valence-corrected chi connectivity index (χ0v) is 12.5. The third-order valence-corrected chi connectivity index (χ3v) is 2.67. The summed E-state index contributed by atoms with van der Waals surface area (Å²) in [4.78, 5) is 10.2.